The molecule has 0 aliphatic carbocycles. The first-order valence-corrected chi connectivity index (χ1v) is 6.90. The lowest BCUT2D eigenvalue weighted by molar-refractivity contribution is 0.0724. The summed E-state index contributed by atoms with van der Waals surface area (Å²) < 4.78 is 7.75. The summed E-state index contributed by atoms with van der Waals surface area (Å²) in [5, 5.41) is 2.04. The highest BCUT2D eigenvalue weighted by Gasteiger charge is 2.30. The average Bonchev–Trinajstić information content (AvgIpc) is 2.92. The van der Waals surface area contributed by atoms with Gasteiger partial charge in [0, 0.05) is 36.8 Å². The van der Waals surface area contributed by atoms with Crippen molar-refractivity contribution in [2.45, 2.75) is 31.9 Å². The van der Waals surface area contributed by atoms with E-state index < -0.39 is 0 Å². The first kappa shape index (κ1) is 11.2. The Hall–Kier alpha value is -0.910. The first-order chi connectivity index (χ1) is 8.24. The molecule has 1 aliphatic heterocycles. The lowest BCUT2D eigenvalue weighted by atomic mass is 9.95. The second-order valence-electron chi connectivity index (χ2n) is 4.79. The van der Waals surface area contributed by atoms with Gasteiger partial charge in [0.05, 0.1) is 11.8 Å². The van der Waals surface area contributed by atoms with Crippen molar-refractivity contribution in [2.75, 3.05) is 6.61 Å². The monoisotopic (exact) mass is 251 g/mol. The number of nitrogens with two attached hydrogens (primary N) is 1. The molecule has 4 nitrogen and oxygen atoms in total. The van der Waals surface area contributed by atoms with E-state index in [1.165, 1.54) is 0 Å². The van der Waals surface area contributed by atoms with E-state index in [0.717, 1.165) is 30.1 Å². The van der Waals surface area contributed by atoms with Crippen LogP contribution in [0.1, 0.15) is 19.0 Å². The maximum absolute atomic E-state index is 6.22. The molecule has 0 spiro atoms. The van der Waals surface area contributed by atoms with Gasteiger partial charge in [-0.2, -0.15) is 0 Å². The molecule has 5 heteroatoms. The van der Waals surface area contributed by atoms with Crippen LogP contribution in [0.2, 0.25) is 0 Å². The number of ether oxygens (including phenoxy) is 1. The molecule has 0 radical (unpaired) electrons. The first-order valence-electron chi connectivity index (χ1n) is 6.02. The quantitative estimate of drug-likeness (QED) is 0.903. The summed E-state index contributed by atoms with van der Waals surface area (Å²) in [6.45, 7) is 3.06. The van der Waals surface area contributed by atoms with Crippen molar-refractivity contribution in [1.29, 1.82) is 0 Å². The van der Waals surface area contributed by atoms with Gasteiger partial charge in [-0.1, -0.05) is 6.92 Å². The number of rotatable bonds is 3. The smallest absolute Gasteiger partial charge is 0.193 e. The van der Waals surface area contributed by atoms with Gasteiger partial charge in [-0.15, -0.1) is 11.3 Å². The molecule has 3 unspecified atom stereocenters. The zero-order valence-corrected chi connectivity index (χ0v) is 10.7. The van der Waals surface area contributed by atoms with Gasteiger partial charge in [0.2, 0.25) is 0 Å². The van der Waals surface area contributed by atoms with Gasteiger partial charge in [0.25, 0.3) is 0 Å². The molecule has 3 atom stereocenters. The number of hydrogen-bond acceptors (Lipinski definition) is 4. The van der Waals surface area contributed by atoms with Crippen LogP contribution in [-0.2, 0) is 11.2 Å². The van der Waals surface area contributed by atoms with Crippen molar-refractivity contribution in [3.8, 4) is 0 Å². The van der Waals surface area contributed by atoms with Gasteiger partial charge in [0.1, 0.15) is 0 Å². The molecule has 2 aromatic rings. The summed E-state index contributed by atoms with van der Waals surface area (Å²) in [5.41, 5.74) is 7.28. The summed E-state index contributed by atoms with van der Waals surface area (Å²) in [5.74, 6) is 0.564. The van der Waals surface area contributed by atoms with E-state index in [2.05, 4.69) is 18.1 Å². The Balaban J connectivity index is 1.72. The minimum absolute atomic E-state index is 0.0529. The van der Waals surface area contributed by atoms with Crippen molar-refractivity contribution in [3.05, 3.63) is 23.5 Å². The third-order valence-corrected chi connectivity index (χ3v) is 4.23. The summed E-state index contributed by atoms with van der Waals surface area (Å²) >= 11 is 1.65. The van der Waals surface area contributed by atoms with Crippen LogP contribution >= 0.6 is 11.3 Å². The van der Waals surface area contributed by atoms with Crippen LogP contribution in [0.4, 0.5) is 0 Å². The Labute approximate surface area is 104 Å². The summed E-state index contributed by atoms with van der Waals surface area (Å²) in [7, 11) is 0. The molecule has 0 aromatic carbocycles. The van der Waals surface area contributed by atoms with Crippen LogP contribution in [0.25, 0.3) is 4.96 Å². The lowest BCUT2D eigenvalue weighted by Crippen LogP contribution is -2.39. The molecule has 3 rings (SSSR count). The highest BCUT2D eigenvalue weighted by molar-refractivity contribution is 7.15. The normalized spacial score (nSPS) is 26.7. The van der Waals surface area contributed by atoms with Crippen LogP contribution in [0.5, 0.6) is 0 Å². The zero-order valence-electron chi connectivity index (χ0n) is 9.87. The van der Waals surface area contributed by atoms with Crippen LogP contribution in [0.15, 0.2) is 17.8 Å². The van der Waals surface area contributed by atoms with Crippen molar-refractivity contribution >= 4 is 16.3 Å². The van der Waals surface area contributed by atoms with Crippen molar-refractivity contribution < 1.29 is 4.74 Å². The standard InChI is InChI=1S/C12H17N3OS/c1-8-2-4-16-11(8)10(13)6-9-7-15-3-5-17-12(15)14-9/h3,5,7-8,10-11H,2,4,6,13H2,1H3. The average molecular weight is 251 g/mol. The minimum atomic E-state index is 0.0529. The van der Waals surface area contributed by atoms with Gasteiger partial charge < -0.3 is 10.5 Å². The molecule has 1 fully saturated rings. The van der Waals surface area contributed by atoms with Crippen molar-refractivity contribution in [3.63, 3.8) is 0 Å². The summed E-state index contributed by atoms with van der Waals surface area (Å²) in [4.78, 5) is 5.59. The number of aromatic nitrogens is 2. The van der Waals surface area contributed by atoms with Crippen LogP contribution in [-0.4, -0.2) is 28.1 Å². The predicted octanol–water partition coefficient (Wildman–Crippen LogP) is 1.69. The molecular weight excluding hydrogens is 234 g/mol. The molecule has 0 bridgehead atoms. The molecule has 92 valence electrons. The van der Waals surface area contributed by atoms with Crippen molar-refractivity contribution in [2.24, 2.45) is 11.7 Å². The van der Waals surface area contributed by atoms with Crippen LogP contribution in [0.3, 0.4) is 0 Å². The predicted molar refractivity (Wildman–Crippen MR) is 68.3 cm³/mol. The molecular formula is C12H17N3OS. The number of fused-ring (bicyclic) bond motifs is 1. The van der Waals surface area contributed by atoms with E-state index in [4.69, 9.17) is 10.5 Å². The van der Waals surface area contributed by atoms with Gasteiger partial charge >= 0.3 is 0 Å². The maximum atomic E-state index is 6.22. The second kappa shape index (κ2) is 4.40. The zero-order chi connectivity index (χ0) is 11.8. The fourth-order valence-corrected chi connectivity index (χ4v) is 3.22. The van der Waals surface area contributed by atoms with E-state index in [1.54, 1.807) is 11.3 Å². The van der Waals surface area contributed by atoms with E-state index in [-0.39, 0.29) is 12.1 Å². The SMILES string of the molecule is CC1CCOC1C(N)Cc1cn2ccsc2n1. The molecule has 2 N–H and O–H groups in total. The molecule has 2 aromatic heterocycles. The lowest BCUT2D eigenvalue weighted by Gasteiger charge is -2.21. The van der Waals surface area contributed by atoms with E-state index >= 15 is 0 Å². The summed E-state index contributed by atoms with van der Waals surface area (Å²) in [6, 6.07) is 0.0529. The fourth-order valence-electron chi connectivity index (χ4n) is 2.50. The van der Waals surface area contributed by atoms with Gasteiger partial charge in [0.15, 0.2) is 4.96 Å². The Morgan fingerprint density at radius 3 is 3.29 bits per heavy atom. The van der Waals surface area contributed by atoms with Gasteiger partial charge in [-0.25, -0.2) is 4.98 Å². The van der Waals surface area contributed by atoms with Crippen LogP contribution < -0.4 is 5.73 Å². The number of hydrogen-bond donors (Lipinski definition) is 1. The van der Waals surface area contributed by atoms with E-state index in [1.807, 2.05) is 16.0 Å². The van der Waals surface area contributed by atoms with E-state index in [9.17, 15) is 0 Å². The maximum Gasteiger partial charge on any atom is 0.193 e. The molecule has 0 saturated carbocycles. The highest BCUT2D eigenvalue weighted by atomic mass is 32.1. The Morgan fingerprint density at radius 2 is 2.59 bits per heavy atom. The number of nitrogens with zero attached hydrogens (tertiary/aromatic N) is 2. The molecule has 3 heterocycles. The largest absolute Gasteiger partial charge is 0.376 e. The van der Waals surface area contributed by atoms with Crippen molar-refractivity contribution in [1.82, 2.24) is 9.38 Å². The Morgan fingerprint density at radius 1 is 1.71 bits per heavy atom. The Bertz CT molecular complexity index is 478. The Kier molecular flexibility index (Phi) is 2.90. The third-order valence-electron chi connectivity index (χ3n) is 3.45. The minimum Gasteiger partial charge on any atom is -0.376 e. The number of imidazole rings is 1. The molecule has 1 aliphatic rings. The molecule has 17 heavy (non-hydrogen) atoms. The van der Waals surface area contributed by atoms with Gasteiger partial charge in [-0.3, -0.25) is 4.40 Å². The second-order valence-corrected chi connectivity index (χ2v) is 5.67. The number of thiazole rings is 1. The summed E-state index contributed by atoms with van der Waals surface area (Å²) in [6.07, 6.45) is 6.19. The van der Waals surface area contributed by atoms with Gasteiger partial charge in [-0.05, 0) is 12.3 Å². The van der Waals surface area contributed by atoms with E-state index in [0.29, 0.717) is 5.92 Å². The molecule has 1 saturated heterocycles. The van der Waals surface area contributed by atoms with Crippen LogP contribution in [0, 0.1) is 5.92 Å². The third kappa shape index (κ3) is 2.10. The molecule has 0 amide bonds. The topological polar surface area (TPSA) is 52.5 Å². The highest BCUT2D eigenvalue weighted by Crippen LogP contribution is 2.23. The fraction of sp³-hybridized carbons (Fsp3) is 0.583.